The van der Waals surface area contributed by atoms with Crippen molar-refractivity contribution in [3.05, 3.63) is 38.9 Å². The maximum absolute atomic E-state index is 13.6. The van der Waals surface area contributed by atoms with Crippen LogP contribution >= 0.6 is 22.6 Å². The van der Waals surface area contributed by atoms with Crippen LogP contribution in [0.3, 0.4) is 0 Å². The number of benzene rings is 1. The average Bonchev–Trinajstić information content (AvgIpc) is 2.48. The summed E-state index contributed by atoms with van der Waals surface area (Å²) in [5, 5.41) is 11.3. The van der Waals surface area contributed by atoms with Crippen LogP contribution in [-0.4, -0.2) is 26.2 Å². The van der Waals surface area contributed by atoms with E-state index in [1.807, 2.05) is 22.6 Å². The van der Waals surface area contributed by atoms with Gasteiger partial charge in [0.15, 0.2) is 0 Å². The zero-order chi connectivity index (χ0) is 16.0. The first kappa shape index (κ1) is 16.9. The van der Waals surface area contributed by atoms with Gasteiger partial charge in [-0.3, -0.25) is 0 Å². The molecule has 0 saturated carbocycles. The Kier molecular flexibility index (Phi) is 6.10. The highest BCUT2D eigenvalue weighted by atomic mass is 127. The standard InChI is InChI=1S/C13H10FIN2O4/c1-20-12(18)5-11(13(19)21-2)17-10-4-8(14)7(6-16)3-9(10)15/h3-5,17H,1-2H3/b11-5+. The molecule has 0 aliphatic carbocycles. The summed E-state index contributed by atoms with van der Waals surface area (Å²) in [5.41, 5.74) is -0.124. The van der Waals surface area contributed by atoms with Crippen molar-refractivity contribution in [2.24, 2.45) is 0 Å². The normalized spacial score (nSPS) is 10.5. The predicted molar refractivity (Wildman–Crippen MR) is 79.6 cm³/mol. The fraction of sp³-hybridized carbons (Fsp3) is 0.154. The van der Waals surface area contributed by atoms with Crippen LogP contribution in [0.2, 0.25) is 0 Å². The number of halogens is 2. The quantitative estimate of drug-likeness (QED) is 0.469. The minimum atomic E-state index is -0.819. The fourth-order valence-electron chi connectivity index (χ4n) is 1.31. The molecule has 110 valence electrons. The lowest BCUT2D eigenvalue weighted by Crippen LogP contribution is -2.16. The summed E-state index contributed by atoms with van der Waals surface area (Å²) in [6.45, 7) is 0. The fourth-order valence-corrected chi connectivity index (χ4v) is 1.91. The average molecular weight is 404 g/mol. The van der Waals surface area contributed by atoms with Crippen molar-refractivity contribution in [3.8, 4) is 6.07 Å². The van der Waals surface area contributed by atoms with E-state index in [9.17, 15) is 14.0 Å². The molecular weight excluding hydrogens is 394 g/mol. The number of nitrogens with one attached hydrogen (secondary N) is 1. The molecule has 8 heteroatoms. The molecule has 6 nitrogen and oxygen atoms in total. The molecule has 0 aromatic heterocycles. The molecular formula is C13H10FIN2O4. The van der Waals surface area contributed by atoms with Gasteiger partial charge >= 0.3 is 11.9 Å². The van der Waals surface area contributed by atoms with Crippen LogP contribution in [0.15, 0.2) is 23.9 Å². The molecule has 21 heavy (non-hydrogen) atoms. The number of carbonyl (C=O) groups excluding carboxylic acids is 2. The summed E-state index contributed by atoms with van der Waals surface area (Å²) in [6.07, 6.45) is 0.887. The van der Waals surface area contributed by atoms with Gasteiger partial charge < -0.3 is 14.8 Å². The zero-order valence-electron chi connectivity index (χ0n) is 11.1. The van der Waals surface area contributed by atoms with Crippen LogP contribution in [0.5, 0.6) is 0 Å². The van der Waals surface area contributed by atoms with Crippen molar-refractivity contribution in [3.63, 3.8) is 0 Å². The second-order valence-corrected chi connectivity index (χ2v) is 4.78. The summed E-state index contributed by atoms with van der Waals surface area (Å²) >= 11 is 1.86. The summed E-state index contributed by atoms with van der Waals surface area (Å²) in [5.74, 6) is -2.34. The number of hydrogen-bond donors (Lipinski definition) is 1. The third-order valence-corrected chi connectivity index (χ3v) is 3.21. The van der Waals surface area contributed by atoms with E-state index in [2.05, 4.69) is 14.8 Å². The Morgan fingerprint density at radius 2 is 2.05 bits per heavy atom. The summed E-state index contributed by atoms with van der Waals surface area (Å²) in [7, 11) is 2.29. The Bertz CT molecular complexity index is 652. The van der Waals surface area contributed by atoms with Crippen molar-refractivity contribution >= 4 is 40.2 Å². The lowest BCUT2D eigenvalue weighted by atomic mass is 10.2. The van der Waals surface area contributed by atoms with Gasteiger partial charge in [0.05, 0.1) is 31.5 Å². The molecule has 0 spiro atoms. The lowest BCUT2D eigenvalue weighted by Gasteiger charge is -2.11. The first-order chi connectivity index (χ1) is 9.92. The highest BCUT2D eigenvalue weighted by Gasteiger charge is 2.15. The molecule has 0 bridgehead atoms. The molecule has 0 saturated heterocycles. The van der Waals surface area contributed by atoms with E-state index in [0.717, 1.165) is 26.4 Å². The van der Waals surface area contributed by atoms with Gasteiger partial charge in [0.1, 0.15) is 17.6 Å². The zero-order valence-corrected chi connectivity index (χ0v) is 13.2. The van der Waals surface area contributed by atoms with E-state index in [1.165, 1.54) is 6.07 Å². The van der Waals surface area contributed by atoms with Crippen LogP contribution in [0.25, 0.3) is 0 Å². The third kappa shape index (κ3) is 4.42. The summed E-state index contributed by atoms with van der Waals surface area (Å²) < 4.78 is 23.0. The Morgan fingerprint density at radius 1 is 1.38 bits per heavy atom. The molecule has 1 N–H and O–H groups in total. The number of rotatable bonds is 4. The van der Waals surface area contributed by atoms with Gasteiger partial charge in [0.25, 0.3) is 0 Å². The summed E-state index contributed by atoms with van der Waals surface area (Å²) in [6, 6.07) is 4.06. The van der Waals surface area contributed by atoms with Gasteiger partial charge in [-0.2, -0.15) is 5.26 Å². The minimum absolute atomic E-state index is 0.124. The number of methoxy groups -OCH3 is 2. The van der Waals surface area contributed by atoms with Gasteiger partial charge in [0.2, 0.25) is 0 Å². The molecule has 0 unspecified atom stereocenters. The topological polar surface area (TPSA) is 88.4 Å². The Hall–Kier alpha value is -2.15. The molecule has 0 fully saturated rings. The molecule has 0 aliphatic heterocycles. The van der Waals surface area contributed by atoms with Gasteiger partial charge in [-0.25, -0.2) is 14.0 Å². The van der Waals surface area contributed by atoms with Crippen molar-refractivity contribution < 1.29 is 23.5 Å². The number of esters is 2. The van der Waals surface area contributed by atoms with E-state index < -0.39 is 17.8 Å². The van der Waals surface area contributed by atoms with Crippen LogP contribution in [0.1, 0.15) is 5.56 Å². The number of carbonyl (C=O) groups is 2. The highest BCUT2D eigenvalue weighted by molar-refractivity contribution is 14.1. The lowest BCUT2D eigenvalue weighted by molar-refractivity contribution is -0.138. The molecule has 0 heterocycles. The van der Waals surface area contributed by atoms with Gasteiger partial charge in [-0.05, 0) is 34.7 Å². The second kappa shape index (κ2) is 7.58. The predicted octanol–water partition coefficient (Wildman–Crippen LogP) is 1.94. The van der Waals surface area contributed by atoms with Crippen LogP contribution in [-0.2, 0) is 19.1 Å². The first-order valence-electron chi connectivity index (χ1n) is 5.47. The van der Waals surface area contributed by atoms with Crippen LogP contribution < -0.4 is 5.32 Å². The number of nitrogens with zero attached hydrogens (tertiary/aromatic N) is 1. The van der Waals surface area contributed by atoms with E-state index >= 15 is 0 Å². The molecule has 0 atom stereocenters. The van der Waals surface area contributed by atoms with E-state index in [4.69, 9.17) is 5.26 Å². The van der Waals surface area contributed by atoms with Crippen LogP contribution in [0, 0.1) is 20.7 Å². The van der Waals surface area contributed by atoms with E-state index in [1.54, 1.807) is 6.07 Å². The van der Waals surface area contributed by atoms with E-state index in [0.29, 0.717) is 3.57 Å². The van der Waals surface area contributed by atoms with Crippen molar-refractivity contribution in [1.29, 1.82) is 5.26 Å². The first-order valence-corrected chi connectivity index (χ1v) is 6.55. The Morgan fingerprint density at radius 3 is 2.57 bits per heavy atom. The molecule has 1 aromatic rings. The number of anilines is 1. The maximum Gasteiger partial charge on any atom is 0.354 e. The smallest absolute Gasteiger partial charge is 0.354 e. The van der Waals surface area contributed by atoms with Gasteiger partial charge in [-0.15, -0.1) is 0 Å². The molecule has 1 rings (SSSR count). The monoisotopic (exact) mass is 404 g/mol. The Balaban J connectivity index is 3.19. The molecule has 0 radical (unpaired) electrons. The summed E-state index contributed by atoms with van der Waals surface area (Å²) in [4.78, 5) is 22.8. The van der Waals surface area contributed by atoms with E-state index in [-0.39, 0.29) is 16.9 Å². The number of hydrogen-bond acceptors (Lipinski definition) is 6. The van der Waals surface area contributed by atoms with Crippen molar-refractivity contribution in [1.82, 2.24) is 0 Å². The van der Waals surface area contributed by atoms with Crippen LogP contribution in [0.4, 0.5) is 10.1 Å². The van der Waals surface area contributed by atoms with Gasteiger partial charge in [0, 0.05) is 3.57 Å². The number of nitriles is 1. The highest BCUT2D eigenvalue weighted by Crippen LogP contribution is 2.23. The Labute approximate surface area is 133 Å². The maximum atomic E-state index is 13.6. The van der Waals surface area contributed by atoms with Crippen molar-refractivity contribution in [2.45, 2.75) is 0 Å². The SMILES string of the molecule is COC(=O)/C=C(/Nc1cc(F)c(C#N)cc1I)C(=O)OC. The van der Waals surface area contributed by atoms with Gasteiger partial charge in [-0.1, -0.05) is 0 Å². The minimum Gasteiger partial charge on any atom is -0.466 e. The molecule has 0 aliphatic rings. The second-order valence-electron chi connectivity index (χ2n) is 3.62. The largest absolute Gasteiger partial charge is 0.466 e. The number of ether oxygens (including phenoxy) is 2. The molecule has 1 aromatic carbocycles. The third-order valence-electron chi connectivity index (χ3n) is 2.32. The van der Waals surface area contributed by atoms with Crippen molar-refractivity contribution in [2.75, 3.05) is 19.5 Å². The molecule has 0 amide bonds.